The SMILES string of the molecule is Cc1cc(C)cc(N(c2ccc(-c3ccccc3)cc2)c2c(C)c(C)c(-c3cnc4nccnc4n3)c(C)c2C)c1. The molecule has 0 fully saturated rings. The van der Waals surface area contributed by atoms with Crippen LogP contribution in [0.15, 0.2) is 91.4 Å². The van der Waals surface area contributed by atoms with E-state index in [1.165, 1.54) is 50.2 Å². The number of hydrogen-bond donors (Lipinski definition) is 0. The van der Waals surface area contributed by atoms with E-state index in [1.54, 1.807) is 12.4 Å². The average Bonchev–Trinajstić information content (AvgIpc) is 2.98. The van der Waals surface area contributed by atoms with Crippen LogP contribution in [0.4, 0.5) is 17.1 Å². The molecule has 2 aromatic heterocycles. The number of rotatable bonds is 5. The van der Waals surface area contributed by atoms with E-state index in [4.69, 9.17) is 4.98 Å². The van der Waals surface area contributed by atoms with Crippen molar-refractivity contribution in [2.24, 2.45) is 0 Å². The van der Waals surface area contributed by atoms with Gasteiger partial charge in [0.05, 0.1) is 17.6 Å². The minimum Gasteiger partial charge on any atom is -0.310 e. The lowest BCUT2D eigenvalue weighted by molar-refractivity contribution is 1.13. The van der Waals surface area contributed by atoms with Crippen LogP contribution in [0.2, 0.25) is 0 Å². The van der Waals surface area contributed by atoms with Gasteiger partial charge in [-0.05, 0) is 110 Å². The summed E-state index contributed by atoms with van der Waals surface area (Å²) in [6.45, 7) is 13.1. The van der Waals surface area contributed by atoms with Crippen molar-refractivity contribution in [3.8, 4) is 22.4 Å². The molecule has 202 valence electrons. The Kier molecular flexibility index (Phi) is 6.80. The van der Waals surface area contributed by atoms with Gasteiger partial charge in [-0.15, -0.1) is 0 Å². The number of anilines is 3. The van der Waals surface area contributed by atoms with E-state index in [0.717, 1.165) is 22.6 Å². The molecule has 0 saturated carbocycles. The largest absolute Gasteiger partial charge is 0.310 e. The second-order valence-electron chi connectivity index (χ2n) is 10.8. The van der Waals surface area contributed by atoms with Crippen molar-refractivity contribution in [2.45, 2.75) is 41.5 Å². The lowest BCUT2D eigenvalue weighted by Gasteiger charge is -2.32. The van der Waals surface area contributed by atoms with Crippen LogP contribution in [-0.4, -0.2) is 19.9 Å². The Hall–Kier alpha value is -4.90. The Bertz CT molecular complexity index is 1840. The minimum atomic E-state index is 0.552. The standard InChI is InChI=1S/C36H33N5/c1-22-18-23(2)20-31(19-22)41(30-14-12-29(13-15-30)28-10-8-7-9-11-28)34-26(5)24(3)33(25(4)27(34)6)32-21-39-35-36(40-32)38-17-16-37-35/h7-21H,1-6H3. The third-order valence-electron chi connectivity index (χ3n) is 7.96. The molecule has 6 rings (SSSR count). The van der Waals surface area contributed by atoms with Crippen LogP contribution in [0.1, 0.15) is 33.4 Å². The second kappa shape index (κ2) is 10.6. The molecule has 0 amide bonds. The van der Waals surface area contributed by atoms with E-state index in [9.17, 15) is 0 Å². The first-order valence-electron chi connectivity index (χ1n) is 13.9. The lowest BCUT2D eigenvalue weighted by Crippen LogP contribution is -2.15. The first kappa shape index (κ1) is 26.3. The van der Waals surface area contributed by atoms with Gasteiger partial charge in [-0.1, -0.05) is 48.5 Å². The fraction of sp³-hybridized carbons (Fsp3) is 0.167. The average molecular weight is 536 g/mol. The third kappa shape index (κ3) is 4.84. The van der Waals surface area contributed by atoms with Crippen LogP contribution in [0, 0.1) is 41.5 Å². The van der Waals surface area contributed by atoms with Crippen molar-refractivity contribution in [2.75, 3.05) is 4.90 Å². The molecule has 0 saturated heterocycles. The Morgan fingerprint density at radius 1 is 0.537 bits per heavy atom. The maximum Gasteiger partial charge on any atom is 0.198 e. The predicted octanol–water partition coefficient (Wildman–Crippen LogP) is 9.07. The van der Waals surface area contributed by atoms with Gasteiger partial charge >= 0.3 is 0 Å². The van der Waals surface area contributed by atoms with Gasteiger partial charge in [-0.2, -0.15) is 0 Å². The minimum absolute atomic E-state index is 0.552. The Morgan fingerprint density at radius 2 is 1.12 bits per heavy atom. The number of aromatic nitrogens is 4. The molecule has 0 spiro atoms. The molecule has 0 aliphatic heterocycles. The highest BCUT2D eigenvalue weighted by molar-refractivity contribution is 5.87. The molecule has 0 radical (unpaired) electrons. The number of aryl methyl sites for hydroxylation is 2. The molecule has 5 heteroatoms. The number of hydrogen-bond acceptors (Lipinski definition) is 5. The number of fused-ring (bicyclic) bond motifs is 1. The predicted molar refractivity (Wildman–Crippen MR) is 169 cm³/mol. The van der Waals surface area contributed by atoms with Crippen LogP contribution in [0.5, 0.6) is 0 Å². The van der Waals surface area contributed by atoms with Gasteiger partial charge in [-0.3, -0.25) is 0 Å². The summed E-state index contributed by atoms with van der Waals surface area (Å²) in [4.78, 5) is 20.5. The van der Waals surface area contributed by atoms with E-state index >= 15 is 0 Å². The zero-order chi connectivity index (χ0) is 28.7. The summed E-state index contributed by atoms with van der Waals surface area (Å²) in [7, 11) is 0. The van der Waals surface area contributed by atoms with E-state index < -0.39 is 0 Å². The zero-order valence-corrected chi connectivity index (χ0v) is 24.4. The molecule has 0 atom stereocenters. The summed E-state index contributed by atoms with van der Waals surface area (Å²) in [5.74, 6) is 0. The normalized spacial score (nSPS) is 11.2. The van der Waals surface area contributed by atoms with Crippen LogP contribution < -0.4 is 4.90 Å². The molecule has 6 aromatic rings. The van der Waals surface area contributed by atoms with E-state index in [1.807, 2.05) is 6.20 Å². The summed E-state index contributed by atoms with van der Waals surface area (Å²) >= 11 is 0. The zero-order valence-electron chi connectivity index (χ0n) is 24.4. The fourth-order valence-corrected chi connectivity index (χ4v) is 5.81. The van der Waals surface area contributed by atoms with Crippen molar-refractivity contribution in [3.63, 3.8) is 0 Å². The summed E-state index contributed by atoms with van der Waals surface area (Å²) < 4.78 is 0. The molecule has 4 aromatic carbocycles. The first-order valence-corrected chi connectivity index (χ1v) is 13.9. The monoisotopic (exact) mass is 535 g/mol. The van der Waals surface area contributed by atoms with E-state index in [2.05, 4.69) is 134 Å². The van der Waals surface area contributed by atoms with Gasteiger partial charge in [0.2, 0.25) is 0 Å². The molecule has 0 N–H and O–H groups in total. The van der Waals surface area contributed by atoms with Gasteiger partial charge in [0.25, 0.3) is 0 Å². The van der Waals surface area contributed by atoms with Gasteiger partial charge in [0.15, 0.2) is 11.3 Å². The number of nitrogens with zero attached hydrogens (tertiary/aromatic N) is 5. The fourth-order valence-electron chi connectivity index (χ4n) is 5.81. The highest BCUT2D eigenvalue weighted by Gasteiger charge is 2.24. The van der Waals surface area contributed by atoms with Crippen LogP contribution in [-0.2, 0) is 0 Å². The van der Waals surface area contributed by atoms with E-state index in [-0.39, 0.29) is 0 Å². The molecular weight excluding hydrogens is 502 g/mol. The quantitative estimate of drug-likeness (QED) is 0.220. The van der Waals surface area contributed by atoms with Crippen LogP contribution >= 0.6 is 0 Å². The summed E-state index contributed by atoms with van der Waals surface area (Å²) in [5.41, 5.74) is 16.1. The van der Waals surface area contributed by atoms with E-state index in [0.29, 0.717) is 11.3 Å². The Labute approximate surface area is 241 Å². The highest BCUT2D eigenvalue weighted by Crippen LogP contribution is 2.45. The second-order valence-corrected chi connectivity index (χ2v) is 10.8. The molecule has 41 heavy (non-hydrogen) atoms. The third-order valence-corrected chi connectivity index (χ3v) is 7.96. The van der Waals surface area contributed by atoms with Gasteiger partial charge in [0, 0.05) is 29.3 Å². The Balaban J connectivity index is 1.55. The van der Waals surface area contributed by atoms with Crippen molar-refractivity contribution in [3.05, 3.63) is 125 Å². The molecular formula is C36H33N5. The van der Waals surface area contributed by atoms with Gasteiger partial charge in [0.1, 0.15) is 0 Å². The lowest BCUT2D eigenvalue weighted by atomic mass is 9.89. The topological polar surface area (TPSA) is 54.8 Å². The van der Waals surface area contributed by atoms with Crippen molar-refractivity contribution < 1.29 is 0 Å². The first-order chi connectivity index (χ1) is 19.8. The summed E-state index contributed by atoms with van der Waals surface area (Å²) in [6, 6.07) is 26.2. The summed E-state index contributed by atoms with van der Waals surface area (Å²) in [6.07, 6.45) is 5.12. The molecule has 2 heterocycles. The molecule has 0 aliphatic carbocycles. The van der Waals surface area contributed by atoms with Crippen LogP contribution in [0.3, 0.4) is 0 Å². The molecule has 0 bridgehead atoms. The molecule has 0 unspecified atom stereocenters. The molecule has 0 aliphatic rings. The number of benzene rings is 4. The highest BCUT2D eigenvalue weighted by atomic mass is 15.1. The van der Waals surface area contributed by atoms with Gasteiger partial charge in [-0.25, -0.2) is 19.9 Å². The van der Waals surface area contributed by atoms with Gasteiger partial charge < -0.3 is 4.90 Å². The maximum atomic E-state index is 4.85. The molecule has 5 nitrogen and oxygen atoms in total. The smallest absolute Gasteiger partial charge is 0.198 e. The maximum absolute atomic E-state index is 4.85. The summed E-state index contributed by atoms with van der Waals surface area (Å²) in [5, 5.41) is 0. The van der Waals surface area contributed by atoms with Crippen LogP contribution in [0.25, 0.3) is 33.7 Å². The van der Waals surface area contributed by atoms with Crippen molar-refractivity contribution in [1.82, 2.24) is 19.9 Å². The Morgan fingerprint density at radius 3 is 1.76 bits per heavy atom. The van der Waals surface area contributed by atoms with Crippen molar-refractivity contribution in [1.29, 1.82) is 0 Å². The van der Waals surface area contributed by atoms with Crippen molar-refractivity contribution >= 4 is 28.4 Å².